The summed E-state index contributed by atoms with van der Waals surface area (Å²) in [6.07, 6.45) is 0.859. The third-order valence-electron chi connectivity index (χ3n) is 2.99. The second kappa shape index (κ2) is 5.87. The summed E-state index contributed by atoms with van der Waals surface area (Å²) in [7, 11) is 0. The van der Waals surface area contributed by atoms with Crippen LogP contribution >= 0.6 is 0 Å². The van der Waals surface area contributed by atoms with Gasteiger partial charge in [0.05, 0.1) is 0 Å². The minimum Gasteiger partial charge on any atom is -0.465 e. The first kappa shape index (κ1) is 12.9. The summed E-state index contributed by atoms with van der Waals surface area (Å²) in [5, 5.41) is 2.46. The van der Waals surface area contributed by atoms with Crippen molar-refractivity contribution in [2.24, 2.45) is 0 Å². The molecule has 1 atom stereocenters. The molecule has 18 heavy (non-hydrogen) atoms. The van der Waals surface area contributed by atoms with Gasteiger partial charge in [-0.05, 0) is 48.7 Å². The quantitative estimate of drug-likeness (QED) is 0.735. The van der Waals surface area contributed by atoms with Crippen LogP contribution in [0, 0.1) is 0 Å². The van der Waals surface area contributed by atoms with Crippen molar-refractivity contribution in [2.75, 3.05) is 6.61 Å². The summed E-state index contributed by atoms with van der Waals surface area (Å²) < 4.78 is 11.1. The van der Waals surface area contributed by atoms with E-state index in [4.69, 9.17) is 9.47 Å². The Kier molecular flexibility index (Phi) is 4.21. The molecule has 1 unspecified atom stereocenters. The van der Waals surface area contributed by atoms with E-state index in [2.05, 4.69) is 37.3 Å². The Hall–Kier alpha value is -1.54. The van der Waals surface area contributed by atoms with Crippen molar-refractivity contribution < 1.29 is 9.47 Å². The van der Waals surface area contributed by atoms with Crippen LogP contribution in [0.1, 0.15) is 26.3 Å². The van der Waals surface area contributed by atoms with Gasteiger partial charge in [0.15, 0.2) is 6.29 Å². The molecule has 2 rings (SSSR count). The van der Waals surface area contributed by atoms with Crippen molar-refractivity contribution in [1.29, 1.82) is 0 Å². The highest BCUT2D eigenvalue weighted by Gasteiger charge is 2.04. The van der Waals surface area contributed by atoms with Gasteiger partial charge in [-0.15, -0.1) is 0 Å². The third kappa shape index (κ3) is 3.02. The second-order valence-electron chi connectivity index (χ2n) is 4.34. The highest BCUT2D eigenvalue weighted by molar-refractivity contribution is 5.84. The first-order valence-corrected chi connectivity index (χ1v) is 6.54. The number of ether oxygens (including phenoxy) is 2. The molecule has 2 heteroatoms. The standard InChI is InChI=1S/C16H20O2/c1-4-13-6-7-15-11-16(9-8-14(15)10-13)18-12(3)17-5-2/h6-12H,4-5H2,1-3H3. The van der Waals surface area contributed by atoms with Gasteiger partial charge in [0, 0.05) is 6.61 Å². The molecule has 0 aliphatic heterocycles. The van der Waals surface area contributed by atoms with E-state index in [-0.39, 0.29) is 6.29 Å². The zero-order valence-corrected chi connectivity index (χ0v) is 11.3. The van der Waals surface area contributed by atoms with E-state index in [1.54, 1.807) is 0 Å². The highest BCUT2D eigenvalue weighted by Crippen LogP contribution is 2.23. The zero-order valence-electron chi connectivity index (χ0n) is 11.3. The van der Waals surface area contributed by atoms with E-state index in [0.717, 1.165) is 12.2 Å². The summed E-state index contributed by atoms with van der Waals surface area (Å²) >= 11 is 0. The van der Waals surface area contributed by atoms with Gasteiger partial charge in [-0.1, -0.05) is 31.2 Å². The molecule has 0 amide bonds. The van der Waals surface area contributed by atoms with Crippen LogP contribution in [0.25, 0.3) is 10.8 Å². The molecule has 96 valence electrons. The Morgan fingerprint density at radius 3 is 2.44 bits per heavy atom. The fraction of sp³-hybridized carbons (Fsp3) is 0.375. The van der Waals surface area contributed by atoms with Crippen molar-refractivity contribution in [3.05, 3.63) is 42.0 Å². The monoisotopic (exact) mass is 244 g/mol. The third-order valence-corrected chi connectivity index (χ3v) is 2.99. The summed E-state index contributed by atoms with van der Waals surface area (Å²) in [5.41, 5.74) is 1.36. The molecule has 0 aromatic heterocycles. The summed E-state index contributed by atoms with van der Waals surface area (Å²) in [6.45, 7) is 6.71. The average Bonchev–Trinajstić information content (AvgIpc) is 2.38. The Labute approximate surface area is 109 Å². The van der Waals surface area contributed by atoms with Gasteiger partial charge in [-0.2, -0.15) is 0 Å². The van der Waals surface area contributed by atoms with Gasteiger partial charge in [-0.25, -0.2) is 0 Å². The van der Waals surface area contributed by atoms with E-state index in [1.807, 2.05) is 19.9 Å². The summed E-state index contributed by atoms with van der Waals surface area (Å²) in [5.74, 6) is 0.854. The number of hydrogen-bond acceptors (Lipinski definition) is 2. The molecule has 0 fully saturated rings. The van der Waals surface area contributed by atoms with Crippen molar-refractivity contribution in [3.63, 3.8) is 0 Å². The Bertz CT molecular complexity index is 519. The van der Waals surface area contributed by atoms with Crippen LogP contribution in [-0.4, -0.2) is 12.9 Å². The van der Waals surface area contributed by atoms with Crippen LogP contribution in [0.4, 0.5) is 0 Å². The molecule has 0 bridgehead atoms. The first-order valence-electron chi connectivity index (χ1n) is 6.54. The van der Waals surface area contributed by atoms with Crippen LogP contribution in [0.15, 0.2) is 36.4 Å². The van der Waals surface area contributed by atoms with Gasteiger partial charge in [0.1, 0.15) is 5.75 Å². The Morgan fingerprint density at radius 1 is 1.00 bits per heavy atom. The lowest BCUT2D eigenvalue weighted by atomic mass is 10.1. The van der Waals surface area contributed by atoms with Gasteiger partial charge in [0.2, 0.25) is 0 Å². The normalized spacial score (nSPS) is 12.6. The van der Waals surface area contributed by atoms with E-state index >= 15 is 0 Å². The topological polar surface area (TPSA) is 18.5 Å². The minimum atomic E-state index is -0.206. The molecule has 0 radical (unpaired) electrons. The van der Waals surface area contributed by atoms with Gasteiger partial charge >= 0.3 is 0 Å². The van der Waals surface area contributed by atoms with Gasteiger partial charge in [0.25, 0.3) is 0 Å². The molecule has 0 heterocycles. The number of rotatable bonds is 5. The van der Waals surface area contributed by atoms with Crippen LogP contribution in [0.5, 0.6) is 5.75 Å². The largest absolute Gasteiger partial charge is 0.465 e. The Balaban J connectivity index is 2.22. The average molecular weight is 244 g/mol. The van der Waals surface area contributed by atoms with Gasteiger partial charge in [-0.3, -0.25) is 0 Å². The maximum Gasteiger partial charge on any atom is 0.196 e. The Morgan fingerprint density at radius 2 is 1.72 bits per heavy atom. The fourth-order valence-electron chi connectivity index (χ4n) is 2.03. The highest BCUT2D eigenvalue weighted by atomic mass is 16.7. The summed E-state index contributed by atoms with van der Waals surface area (Å²) in [4.78, 5) is 0. The van der Waals surface area contributed by atoms with Gasteiger partial charge < -0.3 is 9.47 Å². The molecular formula is C16H20O2. The van der Waals surface area contributed by atoms with E-state index < -0.39 is 0 Å². The molecule has 0 N–H and O–H groups in total. The molecule has 0 aliphatic carbocycles. The minimum absolute atomic E-state index is 0.206. The predicted molar refractivity (Wildman–Crippen MR) is 75.0 cm³/mol. The lowest BCUT2D eigenvalue weighted by Crippen LogP contribution is -2.15. The maximum absolute atomic E-state index is 5.70. The predicted octanol–water partition coefficient (Wildman–Crippen LogP) is 4.16. The van der Waals surface area contributed by atoms with E-state index in [1.165, 1.54) is 16.3 Å². The van der Waals surface area contributed by atoms with Crippen LogP contribution in [0.3, 0.4) is 0 Å². The lowest BCUT2D eigenvalue weighted by Gasteiger charge is -2.14. The molecular weight excluding hydrogens is 224 g/mol. The van der Waals surface area contributed by atoms with Crippen LogP contribution < -0.4 is 4.74 Å². The maximum atomic E-state index is 5.70. The molecule has 2 aromatic rings. The summed E-state index contributed by atoms with van der Waals surface area (Å²) in [6, 6.07) is 12.7. The number of benzene rings is 2. The molecule has 2 aromatic carbocycles. The molecule has 0 saturated heterocycles. The fourth-order valence-corrected chi connectivity index (χ4v) is 2.03. The number of hydrogen-bond donors (Lipinski definition) is 0. The van der Waals surface area contributed by atoms with Crippen LogP contribution in [0.2, 0.25) is 0 Å². The van der Waals surface area contributed by atoms with Crippen LogP contribution in [-0.2, 0) is 11.2 Å². The van der Waals surface area contributed by atoms with Crippen molar-refractivity contribution in [3.8, 4) is 5.75 Å². The lowest BCUT2D eigenvalue weighted by molar-refractivity contribution is -0.0612. The molecule has 0 aliphatic rings. The van der Waals surface area contributed by atoms with Crippen molar-refractivity contribution in [2.45, 2.75) is 33.5 Å². The van der Waals surface area contributed by atoms with Crippen molar-refractivity contribution in [1.82, 2.24) is 0 Å². The zero-order chi connectivity index (χ0) is 13.0. The first-order chi connectivity index (χ1) is 8.72. The van der Waals surface area contributed by atoms with E-state index in [0.29, 0.717) is 6.61 Å². The van der Waals surface area contributed by atoms with Crippen molar-refractivity contribution >= 4 is 10.8 Å². The molecule has 0 spiro atoms. The van der Waals surface area contributed by atoms with E-state index in [9.17, 15) is 0 Å². The molecule has 2 nitrogen and oxygen atoms in total. The molecule has 0 saturated carbocycles. The number of aryl methyl sites for hydroxylation is 1. The SMILES string of the molecule is CCOC(C)Oc1ccc2cc(CC)ccc2c1. The smallest absolute Gasteiger partial charge is 0.196 e. The second-order valence-corrected chi connectivity index (χ2v) is 4.34. The number of fused-ring (bicyclic) bond motifs is 1.